The Labute approximate surface area is 234 Å². The third-order valence-corrected chi connectivity index (χ3v) is 6.71. The maximum atomic E-state index is 13.7. The molecule has 0 aliphatic carbocycles. The van der Waals surface area contributed by atoms with Crippen molar-refractivity contribution in [3.8, 4) is 17.2 Å². The van der Waals surface area contributed by atoms with Gasteiger partial charge in [-0.15, -0.1) is 0 Å². The predicted molar refractivity (Wildman–Crippen MR) is 154 cm³/mol. The maximum Gasteiger partial charge on any atom is 0.335 e. The van der Waals surface area contributed by atoms with E-state index in [2.05, 4.69) is 15.3 Å². The lowest BCUT2D eigenvalue weighted by molar-refractivity contribution is -0.131. The molecule has 2 amide bonds. The standard InChI is InChI=1S/C30H25N7O4/c31-28-27-29(33-19-32-28)37(22-17-35(18-22)26(39)16-15-25(38)34-20-7-3-1-4-8-20)30(40)36(27)21-11-13-24(14-12-21)41-23-9-5-2-6-10-23/h1-16,19,22H,17-18H2,(H,34,38)(H2,31,32,33). The van der Waals surface area contributed by atoms with Gasteiger partial charge < -0.3 is 20.7 Å². The van der Waals surface area contributed by atoms with Crippen LogP contribution in [0.2, 0.25) is 0 Å². The van der Waals surface area contributed by atoms with Gasteiger partial charge in [0, 0.05) is 30.9 Å². The first-order valence-electron chi connectivity index (χ1n) is 12.9. The number of hydrogen-bond acceptors (Lipinski definition) is 7. The number of imidazole rings is 1. The molecule has 0 radical (unpaired) electrons. The second-order valence-electron chi connectivity index (χ2n) is 9.41. The number of aromatic nitrogens is 4. The van der Waals surface area contributed by atoms with Crippen molar-refractivity contribution < 1.29 is 14.3 Å². The number of hydrogen-bond donors (Lipinski definition) is 2. The topological polar surface area (TPSA) is 137 Å². The third kappa shape index (κ3) is 5.15. The van der Waals surface area contributed by atoms with E-state index in [1.165, 1.54) is 27.6 Å². The second-order valence-corrected chi connectivity index (χ2v) is 9.41. The Balaban J connectivity index is 1.20. The molecule has 0 bridgehead atoms. The van der Waals surface area contributed by atoms with Crippen LogP contribution in [-0.4, -0.2) is 48.9 Å². The van der Waals surface area contributed by atoms with E-state index >= 15 is 0 Å². The number of para-hydroxylation sites is 2. The van der Waals surface area contributed by atoms with E-state index in [9.17, 15) is 14.4 Å². The largest absolute Gasteiger partial charge is 0.457 e. The lowest BCUT2D eigenvalue weighted by atomic mass is 10.1. The Morgan fingerprint density at radius 2 is 1.54 bits per heavy atom. The molecule has 0 spiro atoms. The van der Waals surface area contributed by atoms with Gasteiger partial charge >= 0.3 is 5.69 Å². The van der Waals surface area contributed by atoms with Crippen molar-refractivity contribution in [2.45, 2.75) is 6.04 Å². The summed E-state index contributed by atoms with van der Waals surface area (Å²) in [5.74, 6) is 0.731. The van der Waals surface area contributed by atoms with E-state index in [-0.39, 0.29) is 36.5 Å². The molecule has 1 aliphatic rings. The molecule has 1 aliphatic heterocycles. The molecule has 1 saturated heterocycles. The number of anilines is 2. The lowest BCUT2D eigenvalue weighted by Crippen LogP contribution is -2.52. The molecular formula is C30H25N7O4. The van der Waals surface area contributed by atoms with Crippen LogP contribution >= 0.6 is 0 Å². The number of ether oxygens (including phenoxy) is 1. The lowest BCUT2D eigenvalue weighted by Gasteiger charge is -2.38. The summed E-state index contributed by atoms with van der Waals surface area (Å²) in [6.45, 7) is 0.548. The van der Waals surface area contributed by atoms with Crippen LogP contribution < -0.4 is 21.5 Å². The zero-order chi connectivity index (χ0) is 28.3. The first-order valence-corrected chi connectivity index (χ1v) is 12.9. The average Bonchev–Trinajstić information content (AvgIpc) is 3.25. The molecule has 11 heteroatoms. The van der Waals surface area contributed by atoms with Crippen molar-refractivity contribution in [1.29, 1.82) is 0 Å². The number of carbonyl (C=O) groups is 2. The summed E-state index contributed by atoms with van der Waals surface area (Å²) in [6.07, 6.45) is 3.73. The predicted octanol–water partition coefficient (Wildman–Crippen LogP) is 3.53. The smallest absolute Gasteiger partial charge is 0.335 e. The fourth-order valence-corrected chi connectivity index (χ4v) is 4.68. The number of nitrogens with two attached hydrogens (primary N) is 1. The van der Waals surface area contributed by atoms with Crippen molar-refractivity contribution in [2.24, 2.45) is 0 Å². The van der Waals surface area contributed by atoms with Crippen LogP contribution in [0.3, 0.4) is 0 Å². The van der Waals surface area contributed by atoms with Crippen molar-refractivity contribution in [2.75, 3.05) is 24.1 Å². The molecular weight excluding hydrogens is 522 g/mol. The maximum absolute atomic E-state index is 13.7. The molecule has 0 atom stereocenters. The van der Waals surface area contributed by atoms with Crippen LogP contribution in [0.1, 0.15) is 6.04 Å². The normalized spacial score (nSPS) is 13.3. The summed E-state index contributed by atoms with van der Waals surface area (Å²) < 4.78 is 8.88. The molecule has 3 N–H and O–H groups in total. The molecule has 0 saturated carbocycles. The SMILES string of the molecule is Nc1ncnc2c1n(-c1ccc(Oc3ccccc3)cc1)c(=O)n2C1CN(C(=O)C=CC(=O)Nc2ccccc2)C1. The summed E-state index contributed by atoms with van der Waals surface area (Å²) in [5.41, 5.74) is 7.82. The van der Waals surface area contributed by atoms with Gasteiger partial charge in [0.1, 0.15) is 23.3 Å². The Morgan fingerprint density at radius 3 is 2.24 bits per heavy atom. The number of benzene rings is 3. The van der Waals surface area contributed by atoms with Gasteiger partial charge in [0.2, 0.25) is 11.8 Å². The number of amides is 2. The first kappa shape index (κ1) is 25.6. The Morgan fingerprint density at radius 1 is 0.878 bits per heavy atom. The number of nitrogen functional groups attached to an aromatic ring is 1. The van der Waals surface area contributed by atoms with E-state index < -0.39 is 5.91 Å². The number of nitrogens with one attached hydrogen (secondary N) is 1. The molecule has 41 heavy (non-hydrogen) atoms. The van der Waals surface area contributed by atoms with Crippen molar-refractivity contribution in [1.82, 2.24) is 24.0 Å². The van der Waals surface area contributed by atoms with Gasteiger partial charge in [-0.2, -0.15) is 0 Å². The molecule has 2 aromatic heterocycles. The van der Waals surface area contributed by atoms with Crippen LogP contribution in [0.4, 0.5) is 11.5 Å². The van der Waals surface area contributed by atoms with Gasteiger partial charge in [-0.25, -0.2) is 14.8 Å². The van der Waals surface area contributed by atoms with E-state index in [1.54, 1.807) is 53.4 Å². The van der Waals surface area contributed by atoms with Gasteiger partial charge in [-0.3, -0.25) is 18.7 Å². The quantitative estimate of drug-likeness (QED) is 0.297. The monoisotopic (exact) mass is 547 g/mol. The molecule has 3 heterocycles. The van der Waals surface area contributed by atoms with Crippen LogP contribution in [0.15, 0.2) is 108 Å². The minimum absolute atomic E-state index is 0.162. The number of rotatable bonds is 7. The van der Waals surface area contributed by atoms with Gasteiger partial charge in [0.05, 0.1) is 11.7 Å². The highest BCUT2D eigenvalue weighted by Crippen LogP contribution is 2.28. The van der Waals surface area contributed by atoms with E-state index in [4.69, 9.17) is 10.5 Å². The van der Waals surface area contributed by atoms with Gasteiger partial charge in [0.15, 0.2) is 11.5 Å². The van der Waals surface area contributed by atoms with Crippen LogP contribution in [0, 0.1) is 0 Å². The fourth-order valence-electron chi connectivity index (χ4n) is 4.68. The van der Waals surface area contributed by atoms with E-state index in [0.717, 1.165) is 0 Å². The minimum atomic E-state index is -0.409. The number of nitrogens with zero attached hydrogens (tertiary/aromatic N) is 5. The first-order chi connectivity index (χ1) is 20.0. The van der Waals surface area contributed by atoms with Crippen LogP contribution in [0.25, 0.3) is 16.9 Å². The Bertz CT molecular complexity index is 1810. The third-order valence-electron chi connectivity index (χ3n) is 6.71. The fraction of sp³-hybridized carbons (Fsp3) is 0.100. The Kier molecular flexibility index (Phi) is 6.74. The van der Waals surface area contributed by atoms with Gasteiger partial charge in [-0.1, -0.05) is 36.4 Å². The van der Waals surface area contributed by atoms with Gasteiger partial charge in [-0.05, 0) is 48.5 Å². The summed E-state index contributed by atoms with van der Waals surface area (Å²) in [5, 5.41) is 2.69. The Hall–Kier alpha value is -5.71. The summed E-state index contributed by atoms with van der Waals surface area (Å²) in [6, 6.07) is 25.1. The second kappa shape index (κ2) is 10.8. The van der Waals surface area contributed by atoms with Crippen molar-refractivity contribution in [3.63, 3.8) is 0 Å². The highest BCUT2D eigenvalue weighted by Gasteiger charge is 2.35. The van der Waals surface area contributed by atoms with Crippen LogP contribution in [0.5, 0.6) is 11.5 Å². The van der Waals surface area contributed by atoms with Gasteiger partial charge in [0.25, 0.3) is 0 Å². The molecule has 5 aromatic rings. The average molecular weight is 548 g/mol. The zero-order valence-corrected chi connectivity index (χ0v) is 21.8. The zero-order valence-electron chi connectivity index (χ0n) is 21.8. The van der Waals surface area contributed by atoms with E-state index in [0.29, 0.717) is 34.0 Å². The number of carbonyl (C=O) groups excluding carboxylic acids is 2. The summed E-state index contributed by atoms with van der Waals surface area (Å²) in [4.78, 5) is 48.5. The highest BCUT2D eigenvalue weighted by atomic mass is 16.5. The molecule has 3 aromatic carbocycles. The van der Waals surface area contributed by atoms with Crippen LogP contribution in [-0.2, 0) is 9.59 Å². The summed E-state index contributed by atoms with van der Waals surface area (Å²) >= 11 is 0. The van der Waals surface area contributed by atoms with Crippen molar-refractivity contribution in [3.05, 3.63) is 114 Å². The number of likely N-dealkylation sites (tertiary alicyclic amines) is 1. The molecule has 1 fully saturated rings. The molecule has 204 valence electrons. The molecule has 6 rings (SSSR count). The molecule has 11 nitrogen and oxygen atoms in total. The highest BCUT2D eigenvalue weighted by molar-refractivity contribution is 6.03. The number of fused-ring (bicyclic) bond motifs is 1. The summed E-state index contributed by atoms with van der Waals surface area (Å²) in [7, 11) is 0. The van der Waals surface area contributed by atoms with Crippen molar-refractivity contribution >= 4 is 34.5 Å². The minimum Gasteiger partial charge on any atom is -0.457 e. The van der Waals surface area contributed by atoms with E-state index in [1.807, 2.05) is 36.4 Å². The molecule has 0 unspecified atom stereocenters.